The Kier molecular flexibility index (Phi) is 10.8. The van der Waals surface area contributed by atoms with Gasteiger partial charge in [-0.3, -0.25) is 0 Å². The van der Waals surface area contributed by atoms with Crippen molar-refractivity contribution in [2.24, 2.45) is 0 Å². The summed E-state index contributed by atoms with van der Waals surface area (Å²) >= 11 is 0. The minimum atomic E-state index is -0.0889. The molecule has 4 heterocycles. The minimum Gasteiger partial charge on any atom is -0.456 e. The number of fused-ring (bicyclic) bond motifs is 12. The summed E-state index contributed by atoms with van der Waals surface area (Å²) in [5.74, 6) is 0. The molecule has 0 saturated heterocycles. The van der Waals surface area contributed by atoms with E-state index in [0.717, 1.165) is 52.6 Å². The van der Waals surface area contributed by atoms with Gasteiger partial charge in [0, 0.05) is 50.5 Å². The van der Waals surface area contributed by atoms with Crippen LogP contribution in [0.15, 0.2) is 150 Å². The zero-order valence-corrected chi connectivity index (χ0v) is 51.3. The molecule has 3 aliphatic heterocycles. The second-order valence-electron chi connectivity index (χ2n) is 30.2. The number of hydrogen-bond donors (Lipinski definition) is 0. The van der Waals surface area contributed by atoms with Crippen molar-refractivity contribution in [1.82, 2.24) is 0 Å². The summed E-state index contributed by atoms with van der Waals surface area (Å²) in [6.07, 6.45) is 9.46. The van der Waals surface area contributed by atoms with E-state index in [2.05, 4.69) is 257 Å². The first-order chi connectivity index (χ1) is 38.9. The number of nitrogens with zero attached hydrogens (tertiary/aromatic N) is 3. The Morgan fingerprint density at radius 1 is 0.500 bits per heavy atom. The monoisotopic (exact) mass is 1080 g/mol. The lowest BCUT2D eigenvalue weighted by Crippen LogP contribution is -2.64. The maximum Gasteiger partial charge on any atom is 0.252 e. The van der Waals surface area contributed by atoms with Gasteiger partial charge in [-0.1, -0.05) is 175 Å². The highest BCUT2D eigenvalue weighted by Gasteiger charge is 2.62. The van der Waals surface area contributed by atoms with Crippen LogP contribution < -0.4 is 31.1 Å². The Morgan fingerprint density at radius 2 is 1.12 bits per heavy atom. The maximum absolute atomic E-state index is 6.76. The van der Waals surface area contributed by atoms with Gasteiger partial charge in [0.1, 0.15) is 11.2 Å². The van der Waals surface area contributed by atoms with Gasteiger partial charge >= 0.3 is 0 Å². The van der Waals surface area contributed by atoms with Crippen LogP contribution in [0.2, 0.25) is 0 Å². The van der Waals surface area contributed by atoms with Crippen molar-refractivity contribution in [1.29, 1.82) is 0 Å². The van der Waals surface area contributed by atoms with Gasteiger partial charge in [-0.25, -0.2) is 0 Å². The fraction of sp³-hybridized carbons (Fsp3) is 0.377. The van der Waals surface area contributed by atoms with Crippen LogP contribution in [0, 0.1) is 6.92 Å². The van der Waals surface area contributed by atoms with Gasteiger partial charge in [0.05, 0.1) is 22.3 Å². The molecule has 1 saturated carbocycles. The average Bonchev–Trinajstić information content (AvgIpc) is 1.60. The summed E-state index contributed by atoms with van der Waals surface area (Å²) in [4.78, 5) is 8.27. The van der Waals surface area contributed by atoms with E-state index >= 15 is 0 Å². The third-order valence-corrected chi connectivity index (χ3v) is 22.3. The van der Waals surface area contributed by atoms with Crippen molar-refractivity contribution in [3.63, 3.8) is 0 Å². The largest absolute Gasteiger partial charge is 0.456 e. The molecule has 0 amide bonds. The number of anilines is 8. The second-order valence-corrected chi connectivity index (χ2v) is 30.2. The fourth-order valence-electron chi connectivity index (χ4n) is 17.0. The van der Waals surface area contributed by atoms with Crippen LogP contribution in [0.3, 0.4) is 0 Å². The van der Waals surface area contributed by atoms with Crippen molar-refractivity contribution >= 4 is 90.5 Å². The van der Waals surface area contributed by atoms with E-state index in [-0.39, 0.29) is 44.7 Å². The SMILES string of the molecule is Cc1cc2c3c(c1)N1c4c(cc(C(C)(C)C)cc4C4(C)CCCCC14C)B3c1ccc(N(c3ccc4c(c3)C(C)(C)CCC4(C)C)c3cccc4oc5ccccc5c34)cc1N2c1cc2c(cc1-c1ccccc1)C(C)(C)CCC2(C)C. The summed E-state index contributed by atoms with van der Waals surface area (Å²) in [6, 6.07) is 57.4. The van der Waals surface area contributed by atoms with Gasteiger partial charge in [-0.05, 0) is 207 Å². The highest BCUT2D eigenvalue weighted by molar-refractivity contribution is 7.00. The highest BCUT2D eigenvalue weighted by Crippen LogP contribution is 2.63. The first-order valence-corrected chi connectivity index (χ1v) is 31.1. The van der Waals surface area contributed by atoms with E-state index in [4.69, 9.17) is 4.42 Å². The summed E-state index contributed by atoms with van der Waals surface area (Å²) in [5.41, 5.74) is 28.7. The van der Waals surface area contributed by atoms with Gasteiger partial charge in [0.2, 0.25) is 0 Å². The molecule has 2 atom stereocenters. The Morgan fingerprint density at radius 3 is 1.85 bits per heavy atom. The summed E-state index contributed by atoms with van der Waals surface area (Å²) in [5, 5.41) is 2.26. The molecule has 5 heteroatoms. The topological polar surface area (TPSA) is 22.9 Å². The van der Waals surface area contributed by atoms with E-state index in [0.29, 0.717) is 0 Å². The number of benzene rings is 8. The van der Waals surface area contributed by atoms with Crippen molar-refractivity contribution in [3.8, 4) is 11.1 Å². The number of para-hydroxylation sites is 1. The second kappa shape index (κ2) is 17.1. The molecule has 1 fully saturated rings. The summed E-state index contributed by atoms with van der Waals surface area (Å²) in [7, 11) is 0. The van der Waals surface area contributed by atoms with Crippen LogP contribution in [0.5, 0.6) is 0 Å². The average molecular weight is 1080 g/mol. The molecule has 0 N–H and O–H groups in total. The number of furan rings is 1. The lowest BCUT2D eigenvalue weighted by molar-refractivity contribution is 0.195. The third-order valence-electron chi connectivity index (χ3n) is 22.3. The first kappa shape index (κ1) is 51.9. The molecule has 6 aliphatic rings. The van der Waals surface area contributed by atoms with Crippen LogP contribution in [-0.2, 0) is 32.5 Å². The number of hydrogen-bond acceptors (Lipinski definition) is 4. The molecule has 4 nitrogen and oxygen atoms in total. The minimum absolute atomic E-state index is 0.000189. The number of aryl methyl sites for hydroxylation is 1. The molecule has 9 aromatic rings. The van der Waals surface area contributed by atoms with Crippen LogP contribution in [0.25, 0.3) is 33.1 Å². The lowest BCUT2D eigenvalue weighted by Gasteiger charge is -2.53. The molecule has 0 bridgehead atoms. The molecular weight excluding hydrogens is 994 g/mol. The first-order valence-electron chi connectivity index (χ1n) is 31.1. The molecule has 0 radical (unpaired) electrons. The summed E-state index contributed by atoms with van der Waals surface area (Å²) in [6.45, 7) is 34.7. The van der Waals surface area contributed by atoms with Gasteiger partial charge in [0.15, 0.2) is 0 Å². The molecule has 82 heavy (non-hydrogen) atoms. The molecule has 2 unspecified atom stereocenters. The maximum atomic E-state index is 6.76. The van der Waals surface area contributed by atoms with Crippen molar-refractivity contribution in [2.45, 2.75) is 186 Å². The van der Waals surface area contributed by atoms with E-state index in [1.165, 1.54) is 127 Å². The Hall–Kier alpha value is -6.98. The fourth-order valence-corrected chi connectivity index (χ4v) is 17.0. The predicted molar refractivity (Wildman–Crippen MR) is 350 cm³/mol. The van der Waals surface area contributed by atoms with Crippen LogP contribution in [-0.4, -0.2) is 12.3 Å². The Labute approximate surface area is 489 Å². The van der Waals surface area contributed by atoms with E-state index in [9.17, 15) is 0 Å². The van der Waals surface area contributed by atoms with E-state index in [1.807, 2.05) is 0 Å². The molecule has 0 spiro atoms. The molecule has 3 aliphatic carbocycles. The predicted octanol–water partition coefficient (Wildman–Crippen LogP) is 19.4. The molecule has 8 aromatic carbocycles. The van der Waals surface area contributed by atoms with Crippen LogP contribution in [0.4, 0.5) is 45.5 Å². The van der Waals surface area contributed by atoms with Crippen molar-refractivity contribution < 1.29 is 4.42 Å². The van der Waals surface area contributed by atoms with Crippen molar-refractivity contribution in [3.05, 3.63) is 185 Å². The molecule has 414 valence electrons. The zero-order valence-electron chi connectivity index (χ0n) is 51.3. The Bertz CT molecular complexity index is 4190. The number of rotatable bonds is 5. The molecule has 15 rings (SSSR count). The molecular formula is C77H82BN3O. The molecule has 1 aromatic heterocycles. The van der Waals surface area contributed by atoms with Gasteiger partial charge in [0.25, 0.3) is 6.71 Å². The normalized spacial score (nSPS) is 22.0. The Balaban J connectivity index is 1.08. The van der Waals surface area contributed by atoms with Gasteiger partial charge in [-0.15, -0.1) is 0 Å². The van der Waals surface area contributed by atoms with Crippen LogP contribution >= 0.6 is 0 Å². The van der Waals surface area contributed by atoms with E-state index in [1.54, 1.807) is 5.56 Å². The lowest BCUT2D eigenvalue weighted by atomic mass is 9.33. The summed E-state index contributed by atoms with van der Waals surface area (Å²) < 4.78 is 6.76. The third kappa shape index (κ3) is 7.16. The van der Waals surface area contributed by atoms with Gasteiger partial charge < -0.3 is 19.1 Å². The highest BCUT2D eigenvalue weighted by atomic mass is 16.3. The zero-order chi connectivity index (χ0) is 57.0. The van der Waals surface area contributed by atoms with Gasteiger partial charge in [-0.2, -0.15) is 0 Å². The smallest absolute Gasteiger partial charge is 0.252 e. The van der Waals surface area contributed by atoms with E-state index < -0.39 is 0 Å². The van der Waals surface area contributed by atoms with Crippen LogP contribution in [0.1, 0.15) is 180 Å². The van der Waals surface area contributed by atoms with Crippen molar-refractivity contribution in [2.75, 3.05) is 14.7 Å². The standard InChI is InChI=1S/C77H82BN3O/c1-47-39-64-69-65(40-47)81-70-58(76(13)33-20-21-34-77(76,81)14)41-49(71(2,3)4)42-60(70)78(69)59-32-30-51(44-63(59)80(64)62-46-57-56(74(9,10)37-38-75(57,11)12)45-53(62)48-23-16-15-17-24-48)79(50-29-31-54-55(43-50)73(7,8)36-35-72(54,5)6)61-26-22-28-67-68(61)52-25-18-19-27-66(52)82-67/h15-19,22-32,39-46H,20-21,33-38H2,1-14H3. The quantitative estimate of drug-likeness (QED) is 0.160.